The second-order valence-electron chi connectivity index (χ2n) is 5.14. The Morgan fingerprint density at radius 1 is 1.24 bits per heavy atom. The molecular formula is C13H29N3O. The highest BCUT2D eigenvalue weighted by atomic mass is 16.5. The van der Waals surface area contributed by atoms with E-state index < -0.39 is 0 Å². The molecule has 1 N–H and O–H groups in total. The van der Waals surface area contributed by atoms with Crippen LogP contribution in [0.4, 0.5) is 0 Å². The summed E-state index contributed by atoms with van der Waals surface area (Å²) in [6.07, 6.45) is 2.35. The van der Waals surface area contributed by atoms with E-state index in [1.54, 1.807) is 7.11 Å². The van der Waals surface area contributed by atoms with E-state index in [2.05, 4.69) is 29.1 Å². The zero-order chi connectivity index (χ0) is 12.5. The molecule has 0 saturated carbocycles. The van der Waals surface area contributed by atoms with Crippen molar-refractivity contribution in [3.8, 4) is 0 Å². The average Bonchev–Trinajstić information content (AvgIpc) is 2.34. The lowest BCUT2D eigenvalue weighted by Gasteiger charge is -2.32. The van der Waals surface area contributed by atoms with Crippen LogP contribution in [-0.2, 0) is 4.74 Å². The van der Waals surface area contributed by atoms with E-state index >= 15 is 0 Å². The van der Waals surface area contributed by atoms with Crippen LogP contribution in [0.25, 0.3) is 0 Å². The molecule has 102 valence electrons. The molecule has 0 aromatic carbocycles. The monoisotopic (exact) mass is 243 g/mol. The number of rotatable bonds is 8. The smallest absolute Gasteiger partial charge is 0.0476 e. The highest BCUT2D eigenvalue weighted by Gasteiger charge is 2.12. The lowest BCUT2D eigenvalue weighted by molar-refractivity contribution is 0.152. The fraction of sp³-hybridized carbons (Fsp3) is 1.00. The topological polar surface area (TPSA) is 27.7 Å². The molecule has 4 nitrogen and oxygen atoms in total. The fourth-order valence-electron chi connectivity index (χ4n) is 2.12. The number of likely N-dealkylation sites (N-methyl/N-ethyl adjacent to an activating group) is 1. The maximum atomic E-state index is 5.07. The zero-order valence-corrected chi connectivity index (χ0v) is 11.7. The van der Waals surface area contributed by atoms with Crippen molar-refractivity contribution in [2.24, 2.45) is 0 Å². The molecule has 4 heteroatoms. The van der Waals surface area contributed by atoms with Crippen LogP contribution in [0.15, 0.2) is 0 Å². The Morgan fingerprint density at radius 3 is 2.59 bits per heavy atom. The van der Waals surface area contributed by atoms with E-state index in [0.717, 1.165) is 19.6 Å². The fourth-order valence-corrected chi connectivity index (χ4v) is 2.12. The Kier molecular flexibility index (Phi) is 7.77. The number of hydrogen-bond donors (Lipinski definition) is 1. The van der Waals surface area contributed by atoms with Crippen molar-refractivity contribution in [1.82, 2.24) is 15.1 Å². The van der Waals surface area contributed by atoms with Crippen LogP contribution >= 0.6 is 0 Å². The van der Waals surface area contributed by atoms with Crippen molar-refractivity contribution in [1.29, 1.82) is 0 Å². The molecule has 1 aliphatic heterocycles. The van der Waals surface area contributed by atoms with E-state index in [1.807, 2.05) is 0 Å². The molecule has 1 atom stereocenters. The minimum atomic E-state index is 0.572. The molecule has 0 bridgehead atoms. The van der Waals surface area contributed by atoms with E-state index in [1.165, 1.54) is 39.1 Å². The van der Waals surface area contributed by atoms with Gasteiger partial charge in [-0.2, -0.15) is 0 Å². The SMILES string of the molecule is COCCC(C)NCCCN1CCN(C)CC1. The first kappa shape index (κ1) is 14.9. The van der Waals surface area contributed by atoms with E-state index in [0.29, 0.717) is 6.04 Å². The molecule has 1 aliphatic rings. The van der Waals surface area contributed by atoms with Crippen molar-refractivity contribution >= 4 is 0 Å². The summed E-state index contributed by atoms with van der Waals surface area (Å²) in [5.74, 6) is 0. The number of ether oxygens (including phenoxy) is 1. The lowest BCUT2D eigenvalue weighted by atomic mass is 10.2. The van der Waals surface area contributed by atoms with Gasteiger partial charge in [-0.3, -0.25) is 0 Å². The summed E-state index contributed by atoms with van der Waals surface area (Å²) in [6.45, 7) is 10.3. The minimum absolute atomic E-state index is 0.572. The van der Waals surface area contributed by atoms with Crippen LogP contribution in [0.1, 0.15) is 19.8 Å². The molecule has 17 heavy (non-hydrogen) atoms. The molecule has 1 unspecified atom stereocenters. The molecule has 1 saturated heterocycles. The normalized spacial score (nSPS) is 20.6. The number of piperazine rings is 1. The number of nitrogens with one attached hydrogen (secondary N) is 1. The second kappa shape index (κ2) is 8.86. The van der Waals surface area contributed by atoms with E-state index in [4.69, 9.17) is 4.74 Å². The van der Waals surface area contributed by atoms with Crippen LogP contribution in [0.2, 0.25) is 0 Å². The molecule has 0 aromatic heterocycles. The van der Waals surface area contributed by atoms with Gasteiger partial charge in [0, 0.05) is 45.9 Å². The highest BCUT2D eigenvalue weighted by Crippen LogP contribution is 2.00. The van der Waals surface area contributed by atoms with Gasteiger partial charge in [0.2, 0.25) is 0 Å². The first-order valence-corrected chi connectivity index (χ1v) is 6.85. The van der Waals surface area contributed by atoms with Gasteiger partial charge < -0.3 is 19.9 Å². The minimum Gasteiger partial charge on any atom is -0.385 e. The van der Waals surface area contributed by atoms with Gasteiger partial charge in [0.15, 0.2) is 0 Å². The third-order valence-electron chi connectivity index (χ3n) is 3.49. The number of methoxy groups -OCH3 is 1. The van der Waals surface area contributed by atoms with Crippen molar-refractivity contribution in [2.45, 2.75) is 25.8 Å². The van der Waals surface area contributed by atoms with Crippen molar-refractivity contribution in [3.05, 3.63) is 0 Å². The summed E-state index contributed by atoms with van der Waals surface area (Å²) in [7, 11) is 3.97. The third kappa shape index (κ3) is 6.99. The molecule has 1 heterocycles. The van der Waals surface area contributed by atoms with Crippen molar-refractivity contribution in [2.75, 3.05) is 60.0 Å². The summed E-state index contributed by atoms with van der Waals surface area (Å²) in [5.41, 5.74) is 0. The maximum Gasteiger partial charge on any atom is 0.0476 e. The molecule has 0 aliphatic carbocycles. The van der Waals surface area contributed by atoms with Crippen LogP contribution < -0.4 is 5.32 Å². The first-order valence-electron chi connectivity index (χ1n) is 6.85. The van der Waals surface area contributed by atoms with Gasteiger partial charge in [0.1, 0.15) is 0 Å². The number of hydrogen-bond acceptors (Lipinski definition) is 4. The van der Waals surface area contributed by atoms with Gasteiger partial charge in [-0.25, -0.2) is 0 Å². The summed E-state index contributed by atoms with van der Waals surface area (Å²) >= 11 is 0. The van der Waals surface area contributed by atoms with Gasteiger partial charge in [0.05, 0.1) is 0 Å². The largest absolute Gasteiger partial charge is 0.385 e. The molecule has 0 spiro atoms. The Labute approximate surface area is 106 Å². The van der Waals surface area contributed by atoms with E-state index in [9.17, 15) is 0 Å². The Hall–Kier alpha value is -0.160. The van der Waals surface area contributed by atoms with Gasteiger partial charge in [-0.15, -0.1) is 0 Å². The molecule has 1 fully saturated rings. The van der Waals surface area contributed by atoms with Crippen molar-refractivity contribution in [3.63, 3.8) is 0 Å². The quantitative estimate of drug-likeness (QED) is 0.633. The Bertz CT molecular complexity index is 182. The van der Waals surface area contributed by atoms with Gasteiger partial charge in [0.25, 0.3) is 0 Å². The van der Waals surface area contributed by atoms with Crippen molar-refractivity contribution < 1.29 is 4.74 Å². The molecule has 0 amide bonds. The summed E-state index contributed by atoms with van der Waals surface area (Å²) in [4.78, 5) is 4.98. The number of nitrogens with zero attached hydrogens (tertiary/aromatic N) is 2. The molecule has 0 aromatic rings. The average molecular weight is 243 g/mol. The Morgan fingerprint density at radius 2 is 1.94 bits per heavy atom. The summed E-state index contributed by atoms with van der Waals surface area (Å²) in [6, 6.07) is 0.572. The third-order valence-corrected chi connectivity index (χ3v) is 3.49. The summed E-state index contributed by atoms with van der Waals surface area (Å²) < 4.78 is 5.07. The standard InChI is InChI=1S/C13H29N3O/c1-13(5-12-17-3)14-6-4-7-16-10-8-15(2)9-11-16/h13-14H,4-12H2,1-3H3. The highest BCUT2D eigenvalue weighted by molar-refractivity contribution is 4.69. The van der Waals surface area contributed by atoms with Crippen LogP contribution in [0.5, 0.6) is 0 Å². The van der Waals surface area contributed by atoms with E-state index in [-0.39, 0.29) is 0 Å². The van der Waals surface area contributed by atoms with Gasteiger partial charge >= 0.3 is 0 Å². The second-order valence-corrected chi connectivity index (χ2v) is 5.14. The Balaban J connectivity index is 1.93. The first-order chi connectivity index (χ1) is 8.22. The zero-order valence-electron chi connectivity index (χ0n) is 11.7. The van der Waals surface area contributed by atoms with Gasteiger partial charge in [-0.05, 0) is 39.9 Å². The van der Waals surface area contributed by atoms with Crippen LogP contribution in [-0.4, -0.2) is 75.9 Å². The van der Waals surface area contributed by atoms with Gasteiger partial charge in [-0.1, -0.05) is 0 Å². The molecular weight excluding hydrogens is 214 g/mol. The molecule has 1 rings (SSSR count). The predicted octanol–water partition coefficient (Wildman–Crippen LogP) is 0.639. The maximum absolute atomic E-state index is 5.07. The predicted molar refractivity (Wildman–Crippen MR) is 72.5 cm³/mol. The van der Waals surface area contributed by atoms with Crippen LogP contribution in [0, 0.1) is 0 Å². The lowest BCUT2D eigenvalue weighted by Crippen LogP contribution is -2.45. The summed E-state index contributed by atoms with van der Waals surface area (Å²) in [5, 5.41) is 3.55. The molecule has 0 radical (unpaired) electrons. The van der Waals surface area contributed by atoms with Crippen LogP contribution in [0.3, 0.4) is 0 Å².